The molecule has 0 radical (unpaired) electrons. The maximum absolute atomic E-state index is 13.1. The second kappa shape index (κ2) is 8.26. The molecule has 0 unspecified atom stereocenters. The molecular formula is C24H22ClNO3. The van der Waals surface area contributed by atoms with E-state index in [0.29, 0.717) is 22.6 Å². The van der Waals surface area contributed by atoms with E-state index in [2.05, 4.69) is 5.32 Å². The Morgan fingerprint density at radius 1 is 1.14 bits per heavy atom. The zero-order valence-corrected chi connectivity index (χ0v) is 17.0. The fourth-order valence-corrected chi connectivity index (χ4v) is 4.27. The summed E-state index contributed by atoms with van der Waals surface area (Å²) >= 11 is 6.23. The quantitative estimate of drug-likeness (QED) is 0.720. The molecule has 0 bridgehead atoms. The molecule has 4 rings (SSSR count). The molecule has 29 heavy (non-hydrogen) atoms. The molecule has 1 aliphatic heterocycles. The smallest absolute Gasteiger partial charge is 0.337 e. The molecule has 5 heteroatoms. The average molecular weight is 408 g/mol. The topological polar surface area (TPSA) is 55.4 Å². The maximum atomic E-state index is 13.1. The van der Waals surface area contributed by atoms with Gasteiger partial charge in [-0.15, -0.1) is 0 Å². The Morgan fingerprint density at radius 2 is 1.93 bits per heavy atom. The van der Waals surface area contributed by atoms with Gasteiger partial charge in [-0.1, -0.05) is 54.1 Å². The molecule has 2 aromatic rings. The van der Waals surface area contributed by atoms with Crippen LogP contribution in [0.2, 0.25) is 5.02 Å². The number of benzene rings is 2. The zero-order chi connectivity index (χ0) is 20.4. The maximum Gasteiger partial charge on any atom is 0.337 e. The van der Waals surface area contributed by atoms with Gasteiger partial charge in [0.2, 0.25) is 0 Å². The molecule has 2 aromatic carbocycles. The highest BCUT2D eigenvalue weighted by atomic mass is 35.5. The Balaban J connectivity index is 1.72. The number of ether oxygens (including phenoxy) is 1. The van der Waals surface area contributed by atoms with E-state index < -0.39 is 11.9 Å². The first-order valence-corrected chi connectivity index (χ1v) is 10.1. The average Bonchev–Trinajstić information content (AvgIpc) is 2.72. The number of hydrogen-bond donors (Lipinski definition) is 1. The molecule has 1 atom stereocenters. The summed E-state index contributed by atoms with van der Waals surface area (Å²) in [5, 5.41) is 3.87. The van der Waals surface area contributed by atoms with E-state index in [4.69, 9.17) is 16.3 Å². The summed E-state index contributed by atoms with van der Waals surface area (Å²) in [6.07, 6.45) is 2.10. The van der Waals surface area contributed by atoms with Crippen LogP contribution in [0, 0.1) is 0 Å². The van der Waals surface area contributed by atoms with Crippen LogP contribution >= 0.6 is 11.6 Å². The number of esters is 1. The minimum Gasteiger partial charge on any atom is -0.457 e. The van der Waals surface area contributed by atoms with Crippen molar-refractivity contribution in [2.45, 2.75) is 38.7 Å². The SMILES string of the molecule is CC1=C(C(=O)OCc2ccccc2)[C@@H](c2cccc(Cl)c2)C2=C(CCCC2=O)N1. The number of hydrogen-bond acceptors (Lipinski definition) is 4. The van der Waals surface area contributed by atoms with Crippen molar-refractivity contribution in [3.8, 4) is 0 Å². The van der Waals surface area contributed by atoms with Gasteiger partial charge in [-0.2, -0.15) is 0 Å². The van der Waals surface area contributed by atoms with E-state index in [1.807, 2.05) is 55.5 Å². The molecule has 0 saturated carbocycles. The number of allylic oxidation sites excluding steroid dienone is 3. The van der Waals surface area contributed by atoms with Crippen molar-refractivity contribution < 1.29 is 14.3 Å². The van der Waals surface area contributed by atoms with Crippen LogP contribution in [-0.4, -0.2) is 11.8 Å². The summed E-state index contributed by atoms with van der Waals surface area (Å²) in [7, 11) is 0. The third-order valence-electron chi connectivity index (χ3n) is 5.39. The fourth-order valence-electron chi connectivity index (χ4n) is 4.07. The van der Waals surface area contributed by atoms with Crippen LogP contribution in [0.4, 0.5) is 0 Å². The van der Waals surface area contributed by atoms with Crippen LogP contribution in [0.3, 0.4) is 0 Å². The van der Waals surface area contributed by atoms with E-state index in [-0.39, 0.29) is 12.4 Å². The second-order valence-electron chi connectivity index (χ2n) is 7.38. The monoisotopic (exact) mass is 407 g/mol. The Kier molecular flexibility index (Phi) is 5.54. The number of carbonyl (C=O) groups is 2. The first-order chi connectivity index (χ1) is 14.0. The molecule has 0 spiro atoms. The van der Waals surface area contributed by atoms with Crippen LogP contribution in [0.25, 0.3) is 0 Å². The van der Waals surface area contributed by atoms with Gasteiger partial charge < -0.3 is 10.1 Å². The molecule has 0 saturated heterocycles. The number of halogens is 1. The van der Waals surface area contributed by atoms with Crippen LogP contribution in [0.1, 0.15) is 43.2 Å². The number of Topliss-reactive ketones (excluding diaryl/α,β-unsaturated/α-hetero) is 1. The van der Waals surface area contributed by atoms with Crippen LogP contribution in [0.5, 0.6) is 0 Å². The first kappa shape index (κ1) is 19.5. The van der Waals surface area contributed by atoms with Gasteiger partial charge in [0, 0.05) is 34.3 Å². The van der Waals surface area contributed by atoms with Crippen molar-refractivity contribution in [2.24, 2.45) is 0 Å². The largest absolute Gasteiger partial charge is 0.457 e. The van der Waals surface area contributed by atoms with E-state index in [0.717, 1.165) is 35.4 Å². The number of nitrogens with one attached hydrogen (secondary N) is 1. The van der Waals surface area contributed by atoms with Crippen molar-refractivity contribution in [3.05, 3.63) is 93.3 Å². The Morgan fingerprint density at radius 3 is 2.69 bits per heavy atom. The lowest BCUT2D eigenvalue weighted by molar-refractivity contribution is -0.140. The zero-order valence-electron chi connectivity index (χ0n) is 16.2. The predicted molar refractivity (Wildman–Crippen MR) is 112 cm³/mol. The third-order valence-corrected chi connectivity index (χ3v) is 5.63. The van der Waals surface area contributed by atoms with Crippen molar-refractivity contribution in [1.82, 2.24) is 5.32 Å². The Bertz CT molecular complexity index is 1020. The van der Waals surface area contributed by atoms with Gasteiger partial charge in [0.15, 0.2) is 5.78 Å². The third kappa shape index (κ3) is 3.99. The van der Waals surface area contributed by atoms with Crippen molar-refractivity contribution in [3.63, 3.8) is 0 Å². The highest BCUT2D eigenvalue weighted by Gasteiger charge is 2.39. The van der Waals surface area contributed by atoms with Crippen LogP contribution in [-0.2, 0) is 20.9 Å². The second-order valence-corrected chi connectivity index (χ2v) is 7.82. The summed E-state index contributed by atoms with van der Waals surface area (Å²) in [6, 6.07) is 16.9. The van der Waals surface area contributed by atoms with Gasteiger partial charge in [0.25, 0.3) is 0 Å². The summed E-state index contributed by atoms with van der Waals surface area (Å²) in [5.74, 6) is -0.820. The molecule has 0 fully saturated rings. The van der Waals surface area contributed by atoms with E-state index in [9.17, 15) is 9.59 Å². The Hall–Kier alpha value is -2.85. The Labute approximate surface area is 175 Å². The van der Waals surface area contributed by atoms with Crippen molar-refractivity contribution >= 4 is 23.4 Å². The predicted octanol–water partition coefficient (Wildman–Crippen LogP) is 5.05. The van der Waals surface area contributed by atoms with E-state index in [1.54, 1.807) is 6.07 Å². The highest BCUT2D eigenvalue weighted by Crippen LogP contribution is 2.43. The fraction of sp³-hybridized carbons (Fsp3) is 0.250. The molecule has 148 valence electrons. The van der Waals surface area contributed by atoms with Gasteiger partial charge in [0.05, 0.1) is 5.57 Å². The molecule has 1 heterocycles. The number of rotatable bonds is 4. The molecule has 1 N–H and O–H groups in total. The molecule has 1 aliphatic carbocycles. The summed E-state index contributed by atoms with van der Waals surface area (Å²) in [4.78, 5) is 26.0. The molecule has 4 nitrogen and oxygen atoms in total. The number of carbonyl (C=O) groups excluding carboxylic acids is 2. The molecular weight excluding hydrogens is 386 g/mol. The van der Waals surface area contributed by atoms with Crippen molar-refractivity contribution in [1.29, 1.82) is 0 Å². The minimum absolute atomic E-state index is 0.0737. The van der Waals surface area contributed by atoms with Gasteiger partial charge in [-0.05, 0) is 43.0 Å². The lowest BCUT2D eigenvalue weighted by Gasteiger charge is -2.34. The molecule has 0 aromatic heterocycles. The molecule has 0 amide bonds. The standard InChI is InChI=1S/C24H22ClNO3/c1-15-21(24(28)29-14-16-7-3-2-4-8-16)22(17-9-5-10-18(25)13-17)23-19(26-15)11-6-12-20(23)27/h2-5,7-10,13,22,26H,6,11-12,14H2,1H3/t22-/m1/s1. The number of dihydropyridines is 1. The minimum atomic E-state index is -0.471. The van der Waals surface area contributed by atoms with Gasteiger partial charge in [0.1, 0.15) is 6.61 Å². The van der Waals surface area contributed by atoms with Crippen molar-refractivity contribution in [2.75, 3.05) is 0 Å². The highest BCUT2D eigenvalue weighted by molar-refractivity contribution is 6.30. The van der Waals surface area contributed by atoms with Gasteiger partial charge in [-0.25, -0.2) is 4.79 Å². The summed E-state index contributed by atoms with van der Waals surface area (Å²) < 4.78 is 5.63. The van der Waals surface area contributed by atoms with E-state index in [1.165, 1.54) is 0 Å². The lowest BCUT2D eigenvalue weighted by atomic mass is 9.75. The van der Waals surface area contributed by atoms with Gasteiger partial charge >= 0.3 is 5.97 Å². The lowest BCUT2D eigenvalue weighted by Crippen LogP contribution is -2.34. The first-order valence-electron chi connectivity index (χ1n) is 9.75. The number of ketones is 1. The summed E-state index contributed by atoms with van der Waals surface area (Å²) in [6.45, 7) is 2.04. The van der Waals surface area contributed by atoms with Gasteiger partial charge in [-0.3, -0.25) is 4.79 Å². The molecule has 2 aliphatic rings. The normalized spacial score (nSPS) is 19.0. The van der Waals surface area contributed by atoms with Crippen LogP contribution < -0.4 is 5.32 Å². The van der Waals surface area contributed by atoms with E-state index >= 15 is 0 Å². The summed E-state index contributed by atoms with van der Waals surface area (Å²) in [5.41, 5.74) is 4.50. The van der Waals surface area contributed by atoms with Crippen LogP contribution in [0.15, 0.2) is 77.1 Å².